The van der Waals surface area contributed by atoms with E-state index in [4.69, 9.17) is 11.6 Å². The first-order chi connectivity index (χ1) is 5.83. The maximum absolute atomic E-state index is 5.72. The third-order valence-electron chi connectivity index (χ3n) is 1.26. The monoisotopic (exact) mass is 196 g/mol. The van der Waals surface area contributed by atoms with E-state index < -0.39 is 0 Å². The maximum Gasteiger partial charge on any atom is 0.0406 e. The Balaban J connectivity index is 2.66. The zero-order valence-electron chi connectivity index (χ0n) is 6.80. The van der Waals surface area contributed by atoms with Gasteiger partial charge in [-0.25, -0.2) is 0 Å². The standard InChI is InChI=1S/C10H9ClS/c1-2-12-8-7-9-3-5-10(11)6-4-9/h3-6H,2H2,1H3. The average Bonchev–Trinajstić information content (AvgIpc) is 2.09. The molecule has 0 spiro atoms. The van der Waals surface area contributed by atoms with E-state index in [0.29, 0.717) is 0 Å². The van der Waals surface area contributed by atoms with Crippen LogP contribution in [0, 0.1) is 11.2 Å². The Bertz CT molecular complexity index is 292. The maximum atomic E-state index is 5.72. The Hall–Kier alpha value is -0.580. The van der Waals surface area contributed by atoms with Crippen LogP contribution in [0.4, 0.5) is 0 Å². The fourth-order valence-electron chi connectivity index (χ4n) is 0.700. The number of halogens is 1. The molecular weight excluding hydrogens is 188 g/mol. The van der Waals surface area contributed by atoms with Gasteiger partial charge in [-0.1, -0.05) is 36.2 Å². The highest BCUT2D eigenvalue weighted by molar-refractivity contribution is 8.03. The van der Waals surface area contributed by atoms with E-state index in [1.165, 1.54) is 0 Å². The number of rotatable bonds is 1. The largest absolute Gasteiger partial charge is 0.0843 e. The molecule has 0 saturated heterocycles. The predicted octanol–water partition coefficient (Wildman–Crippen LogP) is 3.40. The first kappa shape index (κ1) is 9.51. The quantitative estimate of drug-likeness (QED) is 0.621. The van der Waals surface area contributed by atoms with E-state index in [1.807, 2.05) is 24.3 Å². The Morgan fingerprint density at radius 3 is 2.58 bits per heavy atom. The molecule has 0 nitrogen and oxygen atoms in total. The third kappa shape index (κ3) is 3.21. The Morgan fingerprint density at radius 1 is 1.33 bits per heavy atom. The molecule has 0 radical (unpaired) electrons. The van der Waals surface area contributed by atoms with Gasteiger partial charge < -0.3 is 0 Å². The molecule has 0 amide bonds. The van der Waals surface area contributed by atoms with Gasteiger partial charge in [0.2, 0.25) is 0 Å². The summed E-state index contributed by atoms with van der Waals surface area (Å²) in [6.07, 6.45) is 0. The summed E-state index contributed by atoms with van der Waals surface area (Å²) in [6.45, 7) is 2.08. The van der Waals surface area contributed by atoms with Crippen molar-refractivity contribution >= 4 is 23.4 Å². The van der Waals surface area contributed by atoms with Crippen LogP contribution < -0.4 is 0 Å². The van der Waals surface area contributed by atoms with Crippen molar-refractivity contribution in [2.45, 2.75) is 6.92 Å². The summed E-state index contributed by atoms with van der Waals surface area (Å²) >= 11 is 7.33. The molecule has 0 N–H and O–H groups in total. The molecule has 1 aromatic carbocycles. The molecule has 2 heteroatoms. The second-order valence-electron chi connectivity index (χ2n) is 2.17. The van der Waals surface area contributed by atoms with Gasteiger partial charge in [0.05, 0.1) is 0 Å². The molecule has 1 aromatic rings. The van der Waals surface area contributed by atoms with E-state index in [9.17, 15) is 0 Å². The van der Waals surface area contributed by atoms with Gasteiger partial charge in [0.1, 0.15) is 0 Å². The van der Waals surface area contributed by atoms with Crippen molar-refractivity contribution in [2.75, 3.05) is 5.75 Å². The molecule has 0 bridgehead atoms. The van der Waals surface area contributed by atoms with E-state index in [0.717, 1.165) is 16.3 Å². The normalized spacial score (nSPS) is 8.83. The van der Waals surface area contributed by atoms with Crippen molar-refractivity contribution in [1.82, 2.24) is 0 Å². The predicted molar refractivity (Wildman–Crippen MR) is 56.5 cm³/mol. The lowest BCUT2D eigenvalue weighted by molar-refractivity contribution is 1.54. The molecule has 62 valence electrons. The van der Waals surface area contributed by atoms with Crippen molar-refractivity contribution in [3.05, 3.63) is 34.9 Å². The molecule has 0 aromatic heterocycles. The molecule has 0 aliphatic rings. The lowest BCUT2D eigenvalue weighted by Crippen LogP contribution is -1.71. The Morgan fingerprint density at radius 2 is 2.00 bits per heavy atom. The molecule has 0 heterocycles. The van der Waals surface area contributed by atoms with Gasteiger partial charge >= 0.3 is 0 Å². The van der Waals surface area contributed by atoms with Crippen molar-refractivity contribution in [2.24, 2.45) is 0 Å². The number of hydrogen-bond donors (Lipinski definition) is 0. The van der Waals surface area contributed by atoms with Gasteiger partial charge in [0.25, 0.3) is 0 Å². The fraction of sp³-hybridized carbons (Fsp3) is 0.200. The first-order valence-corrected chi connectivity index (χ1v) is 5.07. The summed E-state index contributed by atoms with van der Waals surface area (Å²) in [4.78, 5) is 0. The van der Waals surface area contributed by atoms with Crippen LogP contribution in [0.25, 0.3) is 0 Å². The average molecular weight is 197 g/mol. The molecule has 0 fully saturated rings. The van der Waals surface area contributed by atoms with Crippen molar-refractivity contribution < 1.29 is 0 Å². The summed E-state index contributed by atoms with van der Waals surface area (Å²) in [6, 6.07) is 7.54. The molecule has 1 rings (SSSR count). The van der Waals surface area contributed by atoms with Gasteiger partial charge in [-0.3, -0.25) is 0 Å². The minimum atomic E-state index is 0.753. The third-order valence-corrected chi connectivity index (χ3v) is 2.04. The van der Waals surface area contributed by atoms with E-state index >= 15 is 0 Å². The molecule has 0 atom stereocenters. The second-order valence-corrected chi connectivity index (χ2v) is 3.67. The number of thioether (sulfide) groups is 1. The minimum Gasteiger partial charge on any atom is -0.0843 e. The highest BCUT2D eigenvalue weighted by Gasteiger charge is 1.86. The van der Waals surface area contributed by atoms with Gasteiger partial charge in [-0.05, 0) is 29.5 Å². The summed E-state index contributed by atoms with van der Waals surface area (Å²) < 4.78 is 0. The van der Waals surface area contributed by atoms with Crippen LogP contribution in [-0.2, 0) is 0 Å². The van der Waals surface area contributed by atoms with E-state index in [1.54, 1.807) is 11.8 Å². The Kier molecular flexibility index (Phi) is 4.07. The number of benzene rings is 1. The van der Waals surface area contributed by atoms with Crippen LogP contribution >= 0.6 is 23.4 Å². The van der Waals surface area contributed by atoms with Crippen LogP contribution in [0.2, 0.25) is 5.02 Å². The smallest absolute Gasteiger partial charge is 0.0406 e. The summed E-state index contributed by atoms with van der Waals surface area (Å²) in [5, 5.41) is 3.75. The molecule has 0 unspecified atom stereocenters. The number of hydrogen-bond acceptors (Lipinski definition) is 1. The van der Waals surface area contributed by atoms with Crippen molar-refractivity contribution in [3.8, 4) is 11.2 Å². The van der Waals surface area contributed by atoms with Crippen LogP contribution in [0.3, 0.4) is 0 Å². The topological polar surface area (TPSA) is 0 Å². The van der Waals surface area contributed by atoms with Gasteiger partial charge in [-0.15, -0.1) is 0 Å². The van der Waals surface area contributed by atoms with Crippen molar-refractivity contribution in [3.63, 3.8) is 0 Å². The van der Waals surface area contributed by atoms with Gasteiger partial charge in [-0.2, -0.15) is 0 Å². The highest BCUT2D eigenvalue weighted by Crippen LogP contribution is 2.08. The van der Waals surface area contributed by atoms with Gasteiger partial charge in [0.15, 0.2) is 0 Å². The van der Waals surface area contributed by atoms with E-state index in [2.05, 4.69) is 18.1 Å². The first-order valence-electron chi connectivity index (χ1n) is 3.71. The lowest BCUT2D eigenvalue weighted by atomic mass is 10.2. The zero-order valence-corrected chi connectivity index (χ0v) is 8.38. The zero-order chi connectivity index (χ0) is 8.81. The SMILES string of the molecule is CCSC#Cc1ccc(Cl)cc1. The van der Waals surface area contributed by atoms with Crippen LogP contribution in [-0.4, -0.2) is 5.75 Å². The molecule has 12 heavy (non-hydrogen) atoms. The van der Waals surface area contributed by atoms with E-state index in [-0.39, 0.29) is 0 Å². The van der Waals surface area contributed by atoms with Crippen molar-refractivity contribution in [1.29, 1.82) is 0 Å². The molecule has 0 saturated carbocycles. The molecule has 0 aliphatic carbocycles. The highest BCUT2D eigenvalue weighted by atomic mass is 35.5. The summed E-state index contributed by atoms with van der Waals surface area (Å²) in [5.41, 5.74) is 1.01. The molecular formula is C10H9ClS. The van der Waals surface area contributed by atoms with Crippen LogP contribution in [0.1, 0.15) is 12.5 Å². The minimum absolute atomic E-state index is 0.753. The fourth-order valence-corrected chi connectivity index (χ4v) is 1.16. The lowest BCUT2D eigenvalue weighted by Gasteiger charge is -1.89. The second kappa shape index (κ2) is 5.13. The Labute approximate surface area is 82.3 Å². The van der Waals surface area contributed by atoms with Crippen LogP contribution in [0.15, 0.2) is 24.3 Å². The molecule has 0 aliphatic heterocycles. The van der Waals surface area contributed by atoms with Crippen LogP contribution in [0.5, 0.6) is 0 Å². The summed E-state index contributed by atoms with van der Waals surface area (Å²) in [5.74, 6) is 4.06. The summed E-state index contributed by atoms with van der Waals surface area (Å²) in [7, 11) is 0. The van der Waals surface area contributed by atoms with Gasteiger partial charge in [0, 0.05) is 16.3 Å².